The molecule has 3 rings (SSSR count). The Morgan fingerprint density at radius 1 is 1.40 bits per heavy atom. The summed E-state index contributed by atoms with van der Waals surface area (Å²) in [6.45, 7) is 4.23. The van der Waals surface area contributed by atoms with Crippen LogP contribution in [0.3, 0.4) is 0 Å². The number of hydrogen-bond acceptors (Lipinski definition) is 4. The second-order valence-electron chi connectivity index (χ2n) is 4.60. The fraction of sp³-hybridized carbons (Fsp3) is 0.308. The van der Waals surface area contributed by atoms with E-state index in [1.165, 1.54) is 0 Å². The first-order valence-electron chi connectivity index (χ1n) is 6.12. The van der Waals surface area contributed by atoms with Crippen molar-refractivity contribution in [2.45, 2.75) is 25.8 Å². The Kier molecular flexibility index (Phi) is 3.40. The summed E-state index contributed by atoms with van der Waals surface area (Å²) in [4.78, 5) is 8.84. The number of aromatic nitrogens is 4. The first-order valence-corrected chi connectivity index (χ1v) is 6.94. The molecule has 0 spiro atoms. The fourth-order valence-corrected chi connectivity index (χ4v) is 2.44. The number of fused-ring (bicyclic) bond motifs is 1. The second kappa shape index (κ2) is 5.07. The molecular weight excluding hydrogens is 299 g/mol. The molecule has 20 heavy (non-hydrogen) atoms. The Morgan fingerprint density at radius 3 is 2.85 bits per heavy atom. The third-order valence-corrected chi connectivity index (χ3v) is 3.34. The molecule has 0 aliphatic carbocycles. The summed E-state index contributed by atoms with van der Waals surface area (Å²) < 4.78 is 7.02. The van der Waals surface area contributed by atoms with Crippen LogP contribution in [0.25, 0.3) is 11.2 Å². The van der Waals surface area contributed by atoms with Crippen LogP contribution in [0.1, 0.15) is 29.6 Å². The SMILES string of the molecule is Cc1cc(Cn2c(C(C)Cl)nc3cc(Cl)cnc32)no1. The van der Waals surface area contributed by atoms with E-state index in [0.29, 0.717) is 11.6 Å². The number of rotatable bonds is 3. The molecule has 1 atom stereocenters. The number of hydrogen-bond donors (Lipinski definition) is 0. The number of imidazole rings is 1. The number of pyridine rings is 1. The largest absolute Gasteiger partial charge is 0.361 e. The highest BCUT2D eigenvalue weighted by molar-refractivity contribution is 6.31. The van der Waals surface area contributed by atoms with Crippen LogP contribution in [0.2, 0.25) is 5.02 Å². The molecule has 7 heteroatoms. The van der Waals surface area contributed by atoms with Crippen LogP contribution in [-0.4, -0.2) is 19.7 Å². The predicted molar refractivity (Wildman–Crippen MR) is 77.1 cm³/mol. The maximum atomic E-state index is 6.20. The molecule has 0 saturated carbocycles. The van der Waals surface area contributed by atoms with Crippen molar-refractivity contribution in [1.29, 1.82) is 0 Å². The third kappa shape index (κ3) is 2.39. The van der Waals surface area contributed by atoms with Gasteiger partial charge in [-0.2, -0.15) is 0 Å². The van der Waals surface area contributed by atoms with Gasteiger partial charge in [0.25, 0.3) is 0 Å². The standard InChI is InChI=1S/C13H12Cl2N4O/c1-7-3-10(18-20-7)6-19-12(8(2)14)17-11-4-9(15)5-16-13(11)19/h3-5,8H,6H2,1-2H3. The van der Waals surface area contributed by atoms with Gasteiger partial charge >= 0.3 is 0 Å². The Morgan fingerprint density at radius 2 is 2.20 bits per heavy atom. The van der Waals surface area contributed by atoms with Gasteiger partial charge in [0.15, 0.2) is 5.65 Å². The van der Waals surface area contributed by atoms with Gasteiger partial charge in [-0.05, 0) is 19.9 Å². The highest BCUT2D eigenvalue weighted by atomic mass is 35.5. The molecule has 0 aliphatic rings. The molecule has 0 N–H and O–H groups in total. The lowest BCUT2D eigenvalue weighted by atomic mass is 10.3. The van der Waals surface area contributed by atoms with Gasteiger partial charge in [-0.1, -0.05) is 16.8 Å². The monoisotopic (exact) mass is 310 g/mol. The minimum Gasteiger partial charge on any atom is -0.361 e. The average molecular weight is 311 g/mol. The molecular formula is C13H12Cl2N4O. The molecule has 0 saturated heterocycles. The Balaban J connectivity index is 2.13. The van der Waals surface area contributed by atoms with E-state index < -0.39 is 0 Å². The molecule has 0 amide bonds. The van der Waals surface area contributed by atoms with Gasteiger partial charge < -0.3 is 9.09 Å². The van der Waals surface area contributed by atoms with Crippen LogP contribution in [0.4, 0.5) is 0 Å². The summed E-state index contributed by atoms with van der Waals surface area (Å²) in [5, 5.41) is 4.30. The number of halogens is 2. The van der Waals surface area contributed by atoms with Crippen molar-refractivity contribution in [3.63, 3.8) is 0 Å². The molecule has 0 aromatic carbocycles. The molecule has 1 unspecified atom stereocenters. The molecule has 3 aromatic heterocycles. The van der Waals surface area contributed by atoms with Gasteiger partial charge in [-0.25, -0.2) is 9.97 Å². The molecule has 0 aliphatic heterocycles. The van der Waals surface area contributed by atoms with Crippen molar-refractivity contribution < 1.29 is 4.52 Å². The first-order chi connectivity index (χ1) is 9.54. The zero-order chi connectivity index (χ0) is 14.3. The van der Waals surface area contributed by atoms with E-state index in [-0.39, 0.29) is 5.38 Å². The zero-order valence-corrected chi connectivity index (χ0v) is 12.5. The molecule has 0 bridgehead atoms. The van der Waals surface area contributed by atoms with Gasteiger partial charge in [-0.15, -0.1) is 11.6 Å². The van der Waals surface area contributed by atoms with Gasteiger partial charge in [0, 0.05) is 12.3 Å². The van der Waals surface area contributed by atoms with Gasteiger partial charge in [0.05, 0.1) is 16.9 Å². The summed E-state index contributed by atoms with van der Waals surface area (Å²) in [5.41, 5.74) is 2.26. The summed E-state index contributed by atoms with van der Waals surface area (Å²) in [6.07, 6.45) is 1.60. The Hall–Kier alpha value is -1.59. The lowest BCUT2D eigenvalue weighted by Gasteiger charge is -2.07. The van der Waals surface area contributed by atoms with E-state index >= 15 is 0 Å². The number of aryl methyl sites for hydroxylation is 1. The van der Waals surface area contributed by atoms with Gasteiger partial charge in [0.1, 0.15) is 22.8 Å². The quantitative estimate of drug-likeness (QED) is 0.692. The summed E-state index contributed by atoms with van der Waals surface area (Å²) >= 11 is 12.2. The van der Waals surface area contributed by atoms with Crippen LogP contribution in [0, 0.1) is 6.92 Å². The smallest absolute Gasteiger partial charge is 0.160 e. The molecule has 0 fully saturated rings. The molecule has 3 heterocycles. The predicted octanol–water partition coefficient (Wildman–Crippen LogP) is 3.73. The molecule has 5 nitrogen and oxygen atoms in total. The topological polar surface area (TPSA) is 56.7 Å². The van der Waals surface area contributed by atoms with Gasteiger partial charge in [-0.3, -0.25) is 0 Å². The van der Waals surface area contributed by atoms with Crippen LogP contribution >= 0.6 is 23.2 Å². The molecule has 104 valence electrons. The normalized spacial score (nSPS) is 13.0. The van der Waals surface area contributed by atoms with Crippen molar-refractivity contribution in [2.24, 2.45) is 0 Å². The lowest BCUT2D eigenvalue weighted by molar-refractivity contribution is 0.389. The van der Waals surface area contributed by atoms with Crippen LogP contribution in [-0.2, 0) is 6.54 Å². The van der Waals surface area contributed by atoms with E-state index in [4.69, 9.17) is 27.7 Å². The van der Waals surface area contributed by atoms with E-state index in [1.807, 2.05) is 24.5 Å². The average Bonchev–Trinajstić information content (AvgIpc) is 2.94. The second-order valence-corrected chi connectivity index (χ2v) is 5.69. The number of alkyl halides is 1. The minimum atomic E-state index is -0.240. The van der Waals surface area contributed by atoms with E-state index in [1.54, 1.807) is 12.3 Å². The van der Waals surface area contributed by atoms with Crippen molar-refractivity contribution in [3.8, 4) is 0 Å². The summed E-state index contributed by atoms with van der Waals surface area (Å²) in [5.74, 6) is 1.50. The molecule has 0 radical (unpaired) electrons. The van der Waals surface area contributed by atoms with Gasteiger partial charge in [0.2, 0.25) is 0 Å². The maximum Gasteiger partial charge on any atom is 0.160 e. The van der Waals surface area contributed by atoms with Crippen molar-refractivity contribution in [3.05, 3.63) is 40.6 Å². The summed E-state index contributed by atoms with van der Waals surface area (Å²) in [6, 6.07) is 3.65. The van der Waals surface area contributed by atoms with Crippen molar-refractivity contribution in [1.82, 2.24) is 19.7 Å². The lowest BCUT2D eigenvalue weighted by Crippen LogP contribution is -2.06. The van der Waals surface area contributed by atoms with E-state index in [0.717, 1.165) is 28.4 Å². The zero-order valence-electron chi connectivity index (χ0n) is 11.0. The summed E-state index contributed by atoms with van der Waals surface area (Å²) in [7, 11) is 0. The number of nitrogens with zero attached hydrogens (tertiary/aromatic N) is 4. The first kappa shape index (κ1) is 13.4. The van der Waals surface area contributed by atoms with Crippen molar-refractivity contribution in [2.75, 3.05) is 0 Å². The van der Waals surface area contributed by atoms with Crippen molar-refractivity contribution >= 4 is 34.4 Å². The molecule has 3 aromatic rings. The van der Waals surface area contributed by atoms with Crippen LogP contribution in [0.5, 0.6) is 0 Å². The van der Waals surface area contributed by atoms with E-state index in [9.17, 15) is 0 Å². The van der Waals surface area contributed by atoms with E-state index in [2.05, 4.69) is 15.1 Å². The van der Waals surface area contributed by atoms with Crippen LogP contribution in [0.15, 0.2) is 22.9 Å². The third-order valence-electron chi connectivity index (χ3n) is 2.93. The highest BCUT2D eigenvalue weighted by Crippen LogP contribution is 2.25. The fourth-order valence-electron chi connectivity index (χ4n) is 2.12. The minimum absolute atomic E-state index is 0.240. The highest BCUT2D eigenvalue weighted by Gasteiger charge is 2.17. The Labute approximate surface area is 125 Å². The maximum absolute atomic E-state index is 6.20. The van der Waals surface area contributed by atoms with Crippen LogP contribution < -0.4 is 0 Å². The Bertz CT molecular complexity index is 763.